The van der Waals surface area contributed by atoms with Crippen molar-refractivity contribution in [1.29, 1.82) is 0 Å². The van der Waals surface area contributed by atoms with Crippen LogP contribution in [0.5, 0.6) is 0 Å². The molecule has 5 nitrogen and oxygen atoms in total. The minimum Gasteiger partial charge on any atom is -0.325 e. The highest BCUT2D eigenvalue weighted by Gasteiger charge is 2.12. The second-order valence-electron chi connectivity index (χ2n) is 4.85. The van der Waals surface area contributed by atoms with Crippen molar-refractivity contribution in [2.24, 2.45) is 0 Å². The van der Waals surface area contributed by atoms with Crippen molar-refractivity contribution in [3.05, 3.63) is 60.4 Å². The molecule has 0 amide bonds. The van der Waals surface area contributed by atoms with Crippen LogP contribution in [0.1, 0.15) is 5.82 Å². The third-order valence-corrected chi connectivity index (χ3v) is 3.44. The Hall–Kier alpha value is -2.95. The molecule has 0 unspecified atom stereocenters. The Kier molecular flexibility index (Phi) is 2.57. The van der Waals surface area contributed by atoms with Gasteiger partial charge in [-0.2, -0.15) is 0 Å². The van der Waals surface area contributed by atoms with Gasteiger partial charge in [0.2, 0.25) is 5.95 Å². The van der Waals surface area contributed by atoms with E-state index in [1.807, 2.05) is 65.9 Å². The number of nitrogens with zero attached hydrogens (tertiary/aromatic N) is 4. The molecule has 0 aliphatic heterocycles. The van der Waals surface area contributed by atoms with E-state index in [-0.39, 0.29) is 0 Å². The lowest BCUT2D eigenvalue weighted by atomic mass is 10.2. The van der Waals surface area contributed by atoms with Crippen molar-refractivity contribution in [2.75, 3.05) is 5.32 Å². The second-order valence-corrected chi connectivity index (χ2v) is 4.85. The van der Waals surface area contributed by atoms with Crippen molar-refractivity contribution in [1.82, 2.24) is 19.6 Å². The summed E-state index contributed by atoms with van der Waals surface area (Å²) < 4.78 is 1.94. The SMILES string of the molecule is Cc1nnc2c3ccccc3nc(Nc3ccccc3)n12. The van der Waals surface area contributed by atoms with Crippen LogP contribution in [0, 0.1) is 6.92 Å². The maximum atomic E-state index is 4.70. The summed E-state index contributed by atoms with van der Waals surface area (Å²) in [5.41, 5.74) is 2.70. The zero-order valence-electron chi connectivity index (χ0n) is 11.5. The summed E-state index contributed by atoms with van der Waals surface area (Å²) in [6.07, 6.45) is 0. The standard InChI is InChI=1S/C16H13N5/c1-11-19-20-15-13-9-5-6-10-14(13)18-16(21(11)15)17-12-7-3-2-4-8-12/h2-10H,1H3,(H,17,18). The van der Waals surface area contributed by atoms with E-state index < -0.39 is 0 Å². The maximum absolute atomic E-state index is 4.70. The number of hydrogen-bond donors (Lipinski definition) is 1. The molecular weight excluding hydrogens is 262 g/mol. The van der Waals surface area contributed by atoms with Crippen molar-refractivity contribution in [2.45, 2.75) is 6.92 Å². The Bertz CT molecular complexity index is 927. The fourth-order valence-electron chi connectivity index (χ4n) is 2.45. The van der Waals surface area contributed by atoms with Crippen LogP contribution in [-0.4, -0.2) is 19.6 Å². The van der Waals surface area contributed by atoms with Crippen LogP contribution in [0.4, 0.5) is 11.6 Å². The molecule has 0 saturated carbocycles. The molecule has 5 heteroatoms. The van der Waals surface area contributed by atoms with Crippen molar-refractivity contribution in [3.63, 3.8) is 0 Å². The number of rotatable bonds is 2. The molecule has 0 atom stereocenters. The molecule has 2 heterocycles. The Labute approximate surface area is 121 Å². The number of aromatic nitrogens is 4. The molecule has 0 saturated heterocycles. The first kappa shape index (κ1) is 11.8. The molecule has 0 aliphatic carbocycles. The minimum atomic E-state index is 0.720. The van der Waals surface area contributed by atoms with Crippen LogP contribution in [0.2, 0.25) is 0 Å². The van der Waals surface area contributed by atoms with E-state index in [4.69, 9.17) is 4.98 Å². The van der Waals surface area contributed by atoms with Gasteiger partial charge in [0.25, 0.3) is 0 Å². The summed E-state index contributed by atoms with van der Waals surface area (Å²) in [7, 11) is 0. The summed E-state index contributed by atoms with van der Waals surface area (Å²) in [6, 6.07) is 17.9. The third-order valence-electron chi connectivity index (χ3n) is 3.44. The number of hydrogen-bond acceptors (Lipinski definition) is 4. The van der Waals surface area contributed by atoms with E-state index in [1.165, 1.54) is 0 Å². The summed E-state index contributed by atoms with van der Waals surface area (Å²) in [5, 5.41) is 12.8. The van der Waals surface area contributed by atoms with Crippen LogP contribution in [0.25, 0.3) is 16.6 Å². The van der Waals surface area contributed by atoms with Crippen molar-refractivity contribution < 1.29 is 0 Å². The Morgan fingerprint density at radius 1 is 0.905 bits per heavy atom. The van der Waals surface area contributed by atoms with E-state index in [9.17, 15) is 0 Å². The van der Waals surface area contributed by atoms with Gasteiger partial charge >= 0.3 is 0 Å². The molecule has 0 radical (unpaired) electrons. The Balaban J connectivity index is 1.99. The van der Waals surface area contributed by atoms with Crippen molar-refractivity contribution >= 4 is 28.2 Å². The fraction of sp³-hybridized carbons (Fsp3) is 0.0625. The van der Waals surface area contributed by atoms with E-state index in [1.54, 1.807) is 0 Å². The summed E-state index contributed by atoms with van der Waals surface area (Å²) >= 11 is 0. The molecule has 1 N–H and O–H groups in total. The quantitative estimate of drug-likeness (QED) is 0.609. The zero-order valence-corrected chi connectivity index (χ0v) is 11.5. The van der Waals surface area contributed by atoms with E-state index in [0.717, 1.165) is 34.0 Å². The van der Waals surface area contributed by atoms with Gasteiger partial charge in [0.05, 0.1) is 5.52 Å². The van der Waals surface area contributed by atoms with Gasteiger partial charge in [-0.3, -0.25) is 0 Å². The fourth-order valence-corrected chi connectivity index (χ4v) is 2.45. The average molecular weight is 275 g/mol. The highest BCUT2D eigenvalue weighted by atomic mass is 15.3. The maximum Gasteiger partial charge on any atom is 0.215 e. The van der Waals surface area contributed by atoms with Gasteiger partial charge < -0.3 is 5.32 Å². The first-order chi connectivity index (χ1) is 10.3. The monoisotopic (exact) mass is 275 g/mol. The highest BCUT2D eigenvalue weighted by Crippen LogP contribution is 2.23. The first-order valence-electron chi connectivity index (χ1n) is 6.75. The Morgan fingerprint density at radius 2 is 1.67 bits per heavy atom. The molecule has 0 spiro atoms. The van der Waals surface area contributed by atoms with Crippen LogP contribution >= 0.6 is 0 Å². The number of anilines is 2. The summed E-state index contributed by atoms with van der Waals surface area (Å²) in [6.45, 7) is 1.92. The highest BCUT2D eigenvalue weighted by molar-refractivity contribution is 5.92. The lowest BCUT2D eigenvalue weighted by molar-refractivity contribution is 0.995. The number of aryl methyl sites for hydroxylation is 1. The molecule has 0 bridgehead atoms. The van der Waals surface area contributed by atoms with Crippen LogP contribution in [0.15, 0.2) is 54.6 Å². The number of benzene rings is 2. The number of fused-ring (bicyclic) bond motifs is 3. The molecule has 2 aromatic heterocycles. The van der Waals surface area contributed by atoms with Gasteiger partial charge in [0.15, 0.2) is 5.65 Å². The number of nitrogens with one attached hydrogen (secondary N) is 1. The van der Waals surface area contributed by atoms with Gasteiger partial charge in [-0.05, 0) is 31.2 Å². The van der Waals surface area contributed by atoms with Crippen LogP contribution in [0.3, 0.4) is 0 Å². The molecule has 2 aromatic carbocycles. The largest absolute Gasteiger partial charge is 0.325 e. The second kappa shape index (κ2) is 4.56. The van der Waals surface area contributed by atoms with Gasteiger partial charge in [-0.1, -0.05) is 30.3 Å². The third kappa shape index (κ3) is 1.90. The topological polar surface area (TPSA) is 55.1 Å². The predicted molar refractivity (Wildman–Crippen MR) is 82.7 cm³/mol. The van der Waals surface area contributed by atoms with Crippen LogP contribution < -0.4 is 5.32 Å². The van der Waals surface area contributed by atoms with Gasteiger partial charge in [-0.15, -0.1) is 10.2 Å². The normalized spacial score (nSPS) is 11.1. The molecule has 0 aliphatic rings. The lowest BCUT2D eigenvalue weighted by Crippen LogP contribution is -2.03. The molecule has 102 valence electrons. The van der Waals surface area contributed by atoms with Crippen molar-refractivity contribution in [3.8, 4) is 0 Å². The predicted octanol–water partition coefficient (Wildman–Crippen LogP) is 3.33. The smallest absolute Gasteiger partial charge is 0.215 e. The average Bonchev–Trinajstić information content (AvgIpc) is 2.91. The zero-order chi connectivity index (χ0) is 14.2. The summed E-state index contributed by atoms with van der Waals surface area (Å²) in [5.74, 6) is 1.53. The van der Waals surface area contributed by atoms with Crippen LogP contribution in [-0.2, 0) is 0 Å². The number of para-hydroxylation sites is 2. The minimum absolute atomic E-state index is 0.720. The Morgan fingerprint density at radius 3 is 2.52 bits per heavy atom. The van der Waals surface area contributed by atoms with Gasteiger partial charge in [0.1, 0.15) is 5.82 Å². The van der Waals surface area contributed by atoms with E-state index in [2.05, 4.69) is 15.5 Å². The molecular formula is C16H13N5. The van der Waals surface area contributed by atoms with E-state index >= 15 is 0 Å². The van der Waals surface area contributed by atoms with E-state index in [0.29, 0.717) is 0 Å². The van der Waals surface area contributed by atoms with Gasteiger partial charge in [0, 0.05) is 11.1 Å². The first-order valence-corrected chi connectivity index (χ1v) is 6.75. The van der Waals surface area contributed by atoms with Gasteiger partial charge in [-0.25, -0.2) is 9.38 Å². The molecule has 4 aromatic rings. The molecule has 0 fully saturated rings. The lowest BCUT2D eigenvalue weighted by Gasteiger charge is -2.10. The molecule has 4 rings (SSSR count). The summed E-state index contributed by atoms with van der Waals surface area (Å²) in [4.78, 5) is 4.70. The molecule has 21 heavy (non-hydrogen) atoms.